The van der Waals surface area contributed by atoms with Crippen molar-refractivity contribution in [1.82, 2.24) is 15.0 Å². The predicted molar refractivity (Wildman–Crippen MR) is 71.9 cm³/mol. The third-order valence-electron chi connectivity index (χ3n) is 2.94. The summed E-state index contributed by atoms with van der Waals surface area (Å²) in [7, 11) is 0. The summed E-state index contributed by atoms with van der Waals surface area (Å²) in [6, 6.07) is 6.43. The minimum Gasteiger partial charge on any atom is -0.397 e. The number of aromatic nitrogens is 3. The van der Waals surface area contributed by atoms with E-state index in [2.05, 4.69) is 15.0 Å². The van der Waals surface area contributed by atoms with Crippen LogP contribution < -0.4 is 5.73 Å². The standard InChI is InChI=1S/C14H11FN4/c1-8-7-17-5-4-9(8)12-6-10(16)14-11(18-12)2-3-13(15)19-14/h2-7H,1H3,(H2,16,18). The van der Waals surface area contributed by atoms with Crippen molar-refractivity contribution >= 4 is 16.7 Å². The second kappa shape index (κ2) is 4.28. The zero-order valence-electron chi connectivity index (χ0n) is 10.3. The molecule has 0 atom stereocenters. The van der Waals surface area contributed by atoms with Crippen LogP contribution in [0.2, 0.25) is 0 Å². The summed E-state index contributed by atoms with van der Waals surface area (Å²) in [5.74, 6) is -0.561. The Kier molecular flexibility index (Phi) is 2.59. The van der Waals surface area contributed by atoms with E-state index in [1.807, 2.05) is 13.0 Å². The zero-order chi connectivity index (χ0) is 13.4. The number of nitrogen functional groups attached to an aromatic ring is 1. The summed E-state index contributed by atoms with van der Waals surface area (Å²) in [6.45, 7) is 1.95. The van der Waals surface area contributed by atoms with E-state index in [4.69, 9.17) is 5.73 Å². The number of hydrogen-bond donors (Lipinski definition) is 1. The van der Waals surface area contributed by atoms with Crippen LogP contribution >= 0.6 is 0 Å². The van der Waals surface area contributed by atoms with Gasteiger partial charge in [-0.05, 0) is 36.8 Å². The van der Waals surface area contributed by atoms with Crippen LogP contribution in [0.3, 0.4) is 0 Å². The number of aryl methyl sites for hydroxylation is 1. The molecule has 0 aliphatic rings. The first-order valence-corrected chi connectivity index (χ1v) is 5.79. The Morgan fingerprint density at radius 2 is 2.00 bits per heavy atom. The maximum atomic E-state index is 13.1. The molecule has 19 heavy (non-hydrogen) atoms. The van der Waals surface area contributed by atoms with Gasteiger partial charge in [0.25, 0.3) is 0 Å². The van der Waals surface area contributed by atoms with E-state index < -0.39 is 5.95 Å². The SMILES string of the molecule is Cc1cnccc1-c1cc(N)c2nc(F)ccc2n1. The van der Waals surface area contributed by atoms with Gasteiger partial charge in [0, 0.05) is 18.0 Å². The van der Waals surface area contributed by atoms with Crippen molar-refractivity contribution in [3.8, 4) is 11.3 Å². The molecule has 0 spiro atoms. The number of nitrogens with two attached hydrogens (primary N) is 1. The van der Waals surface area contributed by atoms with Gasteiger partial charge in [0.1, 0.15) is 5.52 Å². The van der Waals surface area contributed by atoms with Crippen LogP contribution in [0.1, 0.15) is 5.56 Å². The van der Waals surface area contributed by atoms with Crippen LogP contribution in [0.5, 0.6) is 0 Å². The maximum Gasteiger partial charge on any atom is 0.213 e. The van der Waals surface area contributed by atoms with Gasteiger partial charge in [-0.25, -0.2) is 9.97 Å². The topological polar surface area (TPSA) is 64.7 Å². The monoisotopic (exact) mass is 254 g/mol. The first-order chi connectivity index (χ1) is 9.15. The van der Waals surface area contributed by atoms with Crippen LogP contribution in [-0.4, -0.2) is 15.0 Å². The third kappa shape index (κ3) is 1.99. The first-order valence-electron chi connectivity index (χ1n) is 5.79. The molecular formula is C14H11FN4. The van der Waals surface area contributed by atoms with Crippen molar-refractivity contribution < 1.29 is 4.39 Å². The van der Waals surface area contributed by atoms with E-state index in [-0.39, 0.29) is 0 Å². The number of halogens is 1. The Hall–Kier alpha value is -2.56. The molecule has 0 saturated carbocycles. The van der Waals surface area contributed by atoms with E-state index in [0.717, 1.165) is 16.8 Å². The zero-order valence-corrected chi connectivity index (χ0v) is 10.3. The normalized spacial score (nSPS) is 10.8. The fraction of sp³-hybridized carbons (Fsp3) is 0.0714. The molecule has 3 heterocycles. The summed E-state index contributed by atoms with van der Waals surface area (Å²) in [5.41, 5.74) is 9.99. The van der Waals surface area contributed by atoms with Crippen molar-refractivity contribution in [1.29, 1.82) is 0 Å². The van der Waals surface area contributed by atoms with Crippen LogP contribution in [0.25, 0.3) is 22.3 Å². The Labute approximate surface area is 109 Å². The van der Waals surface area contributed by atoms with Gasteiger partial charge in [-0.3, -0.25) is 4.98 Å². The number of anilines is 1. The number of pyridine rings is 3. The highest BCUT2D eigenvalue weighted by Crippen LogP contribution is 2.26. The Bertz CT molecular complexity index is 770. The molecule has 3 rings (SSSR count). The average molecular weight is 254 g/mol. The van der Waals surface area contributed by atoms with E-state index >= 15 is 0 Å². The molecule has 4 nitrogen and oxygen atoms in total. The molecule has 3 aromatic rings. The third-order valence-corrected chi connectivity index (χ3v) is 2.94. The van der Waals surface area contributed by atoms with E-state index in [0.29, 0.717) is 16.7 Å². The number of rotatable bonds is 1. The second-order valence-electron chi connectivity index (χ2n) is 4.29. The predicted octanol–water partition coefficient (Wildman–Crippen LogP) is 2.72. The van der Waals surface area contributed by atoms with Crippen LogP contribution in [0.4, 0.5) is 10.1 Å². The summed E-state index contributed by atoms with van der Waals surface area (Å²) in [4.78, 5) is 12.3. The highest BCUT2D eigenvalue weighted by Gasteiger charge is 2.09. The van der Waals surface area contributed by atoms with Gasteiger partial charge in [-0.2, -0.15) is 4.39 Å². The maximum absolute atomic E-state index is 13.1. The molecule has 94 valence electrons. The van der Waals surface area contributed by atoms with Crippen molar-refractivity contribution in [2.75, 3.05) is 5.73 Å². The Balaban J connectivity index is 2.27. The van der Waals surface area contributed by atoms with Gasteiger partial charge in [0.15, 0.2) is 0 Å². The van der Waals surface area contributed by atoms with Gasteiger partial charge in [-0.1, -0.05) is 0 Å². The number of fused-ring (bicyclic) bond motifs is 1. The summed E-state index contributed by atoms with van der Waals surface area (Å²) < 4.78 is 13.1. The quantitative estimate of drug-likeness (QED) is 0.678. The number of nitrogens with zero attached hydrogens (tertiary/aromatic N) is 3. The lowest BCUT2D eigenvalue weighted by atomic mass is 10.1. The molecular weight excluding hydrogens is 243 g/mol. The molecule has 5 heteroatoms. The Morgan fingerprint density at radius 1 is 1.16 bits per heavy atom. The van der Waals surface area contributed by atoms with Crippen molar-refractivity contribution in [3.63, 3.8) is 0 Å². The Morgan fingerprint density at radius 3 is 2.79 bits per heavy atom. The van der Waals surface area contributed by atoms with E-state index in [1.54, 1.807) is 24.5 Å². The van der Waals surface area contributed by atoms with E-state index in [9.17, 15) is 4.39 Å². The minimum absolute atomic E-state index is 0.385. The van der Waals surface area contributed by atoms with E-state index in [1.165, 1.54) is 6.07 Å². The first kappa shape index (κ1) is 11.5. The highest BCUT2D eigenvalue weighted by atomic mass is 19.1. The minimum atomic E-state index is -0.561. The largest absolute Gasteiger partial charge is 0.397 e. The van der Waals surface area contributed by atoms with Crippen LogP contribution in [0, 0.1) is 12.9 Å². The molecule has 0 aromatic carbocycles. The summed E-state index contributed by atoms with van der Waals surface area (Å²) in [5, 5.41) is 0. The molecule has 0 amide bonds. The van der Waals surface area contributed by atoms with Crippen LogP contribution in [0.15, 0.2) is 36.7 Å². The second-order valence-corrected chi connectivity index (χ2v) is 4.29. The molecule has 0 aliphatic carbocycles. The summed E-state index contributed by atoms with van der Waals surface area (Å²) in [6.07, 6.45) is 3.47. The fourth-order valence-corrected chi connectivity index (χ4v) is 2.01. The lowest BCUT2D eigenvalue weighted by molar-refractivity contribution is 0.589. The lowest BCUT2D eigenvalue weighted by Crippen LogP contribution is -1.97. The lowest BCUT2D eigenvalue weighted by Gasteiger charge is -2.07. The fourth-order valence-electron chi connectivity index (χ4n) is 2.01. The number of hydrogen-bond acceptors (Lipinski definition) is 4. The molecule has 0 saturated heterocycles. The average Bonchev–Trinajstić information content (AvgIpc) is 2.40. The molecule has 3 aromatic heterocycles. The van der Waals surface area contributed by atoms with Gasteiger partial charge in [0.2, 0.25) is 5.95 Å². The molecule has 0 aliphatic heterocycles. The van der Waals surface area contributed by atoms with Gasteiger partial charge < -0.3 is 5.73 Å². The molecule has 0 radical (unpaired) electrons. The molecule has 0 bridgehead atoms. The highest BCUT2D eigenvalue weighted by molar-refractivity contribution is 5.89. The smallest absolute Gasteiger partial charge is 0.213 e. The molecule has 0 unspecified atom stereocenters. The van der Waals surface area contributed by atoms with Crippen LogP contribution in [-0.2, 0) is 0 Å². The van der Waals surface area contributed by atoms with Crippen molar-refractivity contribution in [3.05, 3.63) is 48.2 Å². The molecule has 0 fully saturated rings. The van der Waals surface area contributed by atoms with Crippen molar-refractivity contribution in [2.45, 2.75) is 6.92 Å². The molecule has 2 N–H and O–H groups in total. The van der Waals surface area contributed by atoms with Gasteiger partial charge >= 0.3 is 0 Å². The van der Waals surface area contributed by atoms with Gasteiger partial charge in [-0.15, -0.1) is 0 Å². The van der Waals surface area contributed by atoms with Crippen molar-refractivity contribution in [2.24, 2.45) is 0 Å². The summed E-state index contributed by atoms with van der Waals surface area (Å²) >= 11 is 0. The van der Waals surface area contributed by atoms with Gasteiger partial charge in [0.05, 0.1) is 16.9 Å².